The quantitative estimate of drug-likeness (QED) is 0.597. The van der Waals surface area contributed by atoms with Crippen LogP contribution in [0.1, 0.15) is 12.2 Å². The third kappa shape index (κ3) is 1.25. The zero-order valence-corrected chi connectivity index (χ0v) is 6.92. The van der Waals surface area contributed by atoms with Gasteiger partial charge in [0, 0.05) is 12.8 Å². The van der Waals surface area contributed by atoms with Crippen LogP contribution in [0, 0.1) is 0 Å². The number of aromatic nitrogens is 4. The lowest BCUT2D eigenvalue weighted by Crippen LogP contribution is -2.42. The molecule has 2 heterocycles. The third-order valence-electron chi connectivity index (χ3n) is 2.15. The summed E-state index contributed by atoms with van der Waals surface area (Å²) in [6, 6.07) is 0. The molecule has 8 heteroatoms. The van der Waals surface area contributed by atoms with Gasteiger partial charge in [-0.3, -0.25) is 0 Å². The van der Waals surface area contributed by atoms with E-state index in [9.17, 15) is 17.6 Å². The normalized spacial score (nSPS) is 24.0. The predicted molar refractivity (Wildman–Crippen MR) is 36.0 cm³/mol. The van der Waals surface area contributed by atoms with Crippen LogP contribution in [0.2, 0.25) is 0 Å². The maximum absolute atomic E-state index is 12.9. The van der Waals surface area contributed by atoms with Gasteiger partial charge in [-0.2, -0.15) is 17.6 Å². The number of alkyl halides is 4. The first-order valence-corrected chi connectivity index (χ1v) is 3.93. The summed E-state index contributed by atoms with van der Waals surface area (Å²) in [6.07, 6.45) is -1.17. The summed E-state index contributed by atoms with van der Waals surface area (Å²) in [5.41, 5.74) is 0. The average molecular weight is 210 g/mol. The van der Waals surface area contributed by atoms with E-state index in [0.29, 0.717) is 0 Å². The number of nitrogens with zero attached hydrogens (tertiary/aromatic N) is 4. The van der Waals surface area contributed by atoms with Gasteiger partial charge in [-0.05, 0) is 10.4 Å². The Morgan fingerprint density at radius 2 is 1.86 bits per heavy atom. The molecule has 0 atom stereocenters. The molecule has 1 aromatic rings. The zero-order valence-electron chi connectivity index (χ0n) is 6.92. The average Bonchev–Trinajstić information content (AvgIpc) is 2.44. The SMILES string of the molecule is FC1(F)CCc2nnnn2CC1(F)F. The summed E-state index contributed by atoms with van der Waals surface area (Å²) in [5.74, 6) is -8.02. The maximum atomic E-state index is 12.9. The van der Waals surface area contributed by atoms with Gasteiger partial charge >= 0.3 is 11.8 Å². The molecule has 1 aliphatic rings. The van der Waals surface area contributed by atoms with Gasteiger partial charge in [0.1, 0.15) is 6.54 Å². The molecule has 0 saturated heterocycles. The molecule has 0 N–H and O–H groups in total. The number of hydrogen-bond acceptors (Lipinski definition) is 3. The molecule has 2 rings (SSSR count). The third-order valence-corrected chi connectivity index (χ3v) is 2.15. The molecule has 0 aliphatic carbocycles. The van der Waals surface area contributed by atoms with Crippen LogP contribution in [0.25, 0.3) is 0 Å². The lowest BCUT2D eigenvalue weighted by atomic mass is 10.1. The van der Waals surface area contributed by atoms with E-state index in [1.165, 1.54) is 0 Å². The summed E-state index contributed by atoms with van der Waals surface area (Å²) in [4.78, 5) is 0. The number of fused-ring (bicyclic) bond motifs is 1. The van der Waals surface area contributed by atoms with Gasteiger partial charge in [0.25, 0.3) is 0 Å². The first kappa shape index (κ1) is 9.35. The minimum absolute atomic E-state index is 0.0712. The lowest BCUT2D eigenvalue weighted by Gasteiger charge is -2.23. The van der Waals surface area contributed by atoms with Crippen molar-refractivity contribution in [2.75, 3.05) is 0 Å². The standard InChI is InChI=1S/C6H6F4N4/c7-5(8)2-1-4-11-12-13-14(4)3-6(5,9)10/h1-3H2. The second-order valence-corrected chi connectivity index (χ2v) is 3.16. The molecule has 1 aromatic heterocycles. The second-order valence-electron chi connectivity index (χ2n) is 3.16. The summed E-state index contributed by atoms with van der Waals surface area (Å²) in [7, 11) is 0. The van der Waals surface area contributed by atoms with Crippen LogP contribution in [0.4, 0.5) is 17.6 Å². The van der Waals surface area contributed by atoms with Crippen molar-refractivity contribution in [3.05, 3.63) is 5.82 Å². The predicted octanol–water partition coefficient (Wildman–Crippen LogP) is 0.890. The number of aryl methyl sites for hydroxylation is 1. The molecular formula is C6H6F4N4. The molecule has 4 nitrogen and oxygen atoms in total. The number of rotatable bonds is 0. The fourth-order valence-electron chi connectivity index (χ4n) is 1.28. The van der Waals surface area contributed by atoms with Gasteiger partial charge in [-0.15, -0.1) is 5.10 Å². The monoisotopic (exact) mass is 210 g/mol. The first-order chi connectivity index (χ1) is 6.42. The molecule has 78 valence electrons. The van der Waals surface area contributed by atoms with E-state index in [-0.39, 0.29) is 12.2 Å². The van der Waals surface area contributed by atoms with Crippen molar-refractivity contribution in [2.24, 2.45) is 0 Å². The maximum Gasteiger partial charge on any atom is 0.329 e. The summed E-state index contributed by atoms with van der Waals surface area (Å²) < 4.78 is 52.3. The highest BCUT2D eigenvalue weighted by Gasteiger charge is 2.57. The fraction of sp³-hybridized carbons (Fsp3) is 0.833. The Morgan fingerprint density at radius 1 is 1.14 bits per heavy atom. The molecule has 0 saturated carbocycles. The van der Waals surface area contributed by atoms with Crippen LogP contribution in [0.3, 0.4) is 0 Å². The largest absolute Gasteiger partial charge is 0.329 e. The Labute approximate surface area is 75.9 Å². The summed E-state index contributed by atoms with van der Waals surface area (Å²) >= 11 is 0. The van der Waals surface area contributed by atoms with Gasteiger partial charge in [0.15, 0.2) is 5.82 Å². The van der Waals surface area contributed by atoms with Crippen molar-refractivity contribution in [1.82, 2.24) is 20.2 Å². The van der Waals surface area contributed by atoms with E-state index < -0.39 is 24.8 Å². The highest BCUT2D eigenvalue weighted by Crippen LogP contribution is 2.40. The smallest absolute Gasteiger partial charge is 0.223 e. The Hall–Kier alpha value is -1.21. The van der Waals surface area contributed by atoms with E-state index in [4.69, 9.17) is 0 Å². The van der Waals surface area contributed by atoms with Crippen LogP contribution >= 0.6 is 0 Å². The molecule has 0 fully saturated rings. The topological polar surface area (TPSA) is 43.6 Å². The van der Waals surface area contributed by atoms with Crippen LogP contribution in [0.15, 0.2) is 0 Å². The second kappa shape index (κ2) is 2.64. The zero-order chi connectivity index (χ0) is 10.4. The number of tetrazole rings is 1. The Bertz CT molecular complexity index is 347. The summed E-state index contributed by atoms with van der Waals surface area (Å²) in [6.45, 7) is -1.16. The van der Waals surface area contributed by atoms with Gasteiger partial charge < -0.3 is 0 Å². The van der Waals surface area contributed by atoms with Crippen molar-refractivity contribution in [1.29, 1.82) is 0 Å². The van der Waals surface area contributed by atoms with E-state index in [1.807, 2.05) is 0 Å². The van der Waals surface area contributed by atoms with Crippen LogP contribution in [0.5, 0.6) is 0 Å². The van der Waals surface area contributed by atoms with E-state index in [2.05, 4.69) is 15.5 Å². The van der Waals surface area contributed by atoms with Crippen molar-refractivity contribution < 1.29 is 17.6 Å². The lowest BCUT2D eigenvalue weighted by molar-refractivity contribution is -0.215. The fourth-order valence-corrected chi connectivity index (χ4v) is 1.28. The van der Waals surface area contributed by atoms with Gasteiger partial charge in [-0.25, -0.2) is 4.68 Å². The van der Waals surface area contributed by atoms with Crippen molar-refractivity contribution in [2.45, 2.75) is 31.2 Å². The Balaban J connectivity index is 2.38. The molecule has 0 unspecified atom stereocenters. The van der Waals surface area contributed by atoms with Crippen molar-refractivity contribution in [3.8, 4) is 0 Å². The molecular weight excluding hydrogens is 204 g/mol. The van der Waals surface area contributed by atoms with Crippen LogP contribution in [-0.2, 0) is 13.0 Å². The number of hydrogen-bond donors (Lipinski definition) is 0. The van der Waals surface area contributed by atoms with E-state index >= 15 is 0 Å². The van der Waals surface area contributed by atoms with Crippen molar-refractivity contribution in [3.63, 3.8) is 0 Å². The molecule has 0 aromatic carbocycles. The molecule has 0 bridgehead atoms. The van der Waals surface area contributed by atoms with Gasteiger partial charge in [-0.1, -0.05) is 0 Å². The van der Waals surface area contributed by atoms with Crippen LogP contribution in [-0.4, -0.2) is 32.1 Å². The van der Waals surface area contributed by atoms with Gasteiger partial charge in [0.05, 0.1) is 0 Å². The van der Waals surface area contributed by atoms with Crippen molar-refractivity contribution >= 4 is 0 Å². The molecule has 0 radical (unpaired) electrons. The van der Waals surface area contributed by atoms with Gasteiger partial charge in [0.2, 0.25) is 0 Å². The highest BCUT2D eigenvalue weighted by atomic mass is 19.3. The van der Waals surface area contributed by atoms with E-state index in [0.717, 1.165) is 4.68 Å². The molecule has 0 amide bonds. The van der Waals surface area contributed by atoms with Crippen LogP contribution < -0.4 is 0 Å². The molecule has 1 aliphatic heterocycles. The molecule has 14 heavy (non-hydrogen) atoms. The Kier molecular flexibility index (Phi) is 1.76. The summed E-state index contributed by atoms with van der Waals surface area (Å²) in [5, 5.41) is 9.75. The highest BCUT2D eigenvalue weighted by molar-refractivity contribution is 4.95. The minimum atomic E-state index is -4.09. The Morgan fingerprint density at radius 3 is 2.57 bits per heavy atom. The molecule has 0 spiro atoms. The first-order valence-electron chi connectivity index (χ1n) is 3.93. The number of halogens is 4. The minimum Gasteiger partial charge on any atom is -0.223 e. The van der Waals surface area contributed by atoms with E-state index in [1.54, 1.807) is 0 Å².